The first-order valence-electron chi connectivity index (χ1n) is 7.39. The summed E-state index contributed by atoms with van der Waals surface area (Å²) >= 11 is 5.48. The van der Waals surface area contributed by atoms with E-state index in [2.05, 4.69) is 23.4 Å². The first-order valence-corrected chi connectivity index (χ1v) is 7.80. The monoisotopic (exact) mass is 308 g/mol. The van der Waals surface area contributed by atoms with Crippen LogP contribution in [0.25, 0.3) is 11.0 Å². The molecule has 1 aliphatic rings. The number of methoxy groups -OCH3 is 1. The van der Waals surface area contributed by atoms with Crippen LogP contribution in [0.3, 0.4) is 0 Å². The summed E-state index contributed by atoms with van der Waals surface area (Å²) in [6, 6.07) is 3.58. The summed E-state index contributed by atoms with van der Waals surface area (Å²) in [5.74, 6) is -0.0994. The van der Waals surface area contributed by atoms with Gasteiger partial charge in [-0.05, 0) is 36.9 Å². The van der Waals surface area contributed by atoms with Crippen molar-refractivity contribution in [1.29, 1.82) is 0 Å². The molecule has 1 atom stereocenters. The van der Waals surface area contributed by atoms with Crippen LogP contribution in [0.4, 0.5) is 4.39 Å². The molecule has 0 aliphatic heterocycles. The molecule has 2 aromatic rings. The first kappa shape index (κ1) is 14.6. The number of halogens is 1. The molecular formula is C16H21FN2OS. The van der Waals surface area contributed by atoms with Crippen LogP contribution in [0.2, 0.25) is 0 Å². The van der Waals surface area contributed by atoms with E-state index >= 15 is 0 Å². The van der Waals surface area contributed by atoms with Crippen molar-refractivity contribution in [1.82, 2.24) is 9.55 Å². The minimum atomic E-state index is -0.364. The molecule has 1 heterocycles. The summed E-state index contributed by atoms with van der Waals surface area (Å²) in [5, 5.41) is 0. The highest BCUT2D eigenvalue weighted by Gasteiger charge is 2.30. The van der Waals surface area contributed by atoms with E-state index < -0.39 is 0 Å². The Morgan fingerprint density at radius 2 is 2.19 bits per heavy atom. The molecule has 1 aromatic carbocycles. The van der Waals surface area contributed by atoms with Crippen LogP contribution in [0.5, 0.6) is 5.75 Å². The Labute approximate surface area is 129 Å². The molecule has 0 spiro atoms. The number of fused-ring (bicyclic) bond motifs is 1. The van der Waals surface area contributed by atoms with Crippen LogP contribution in [-0.2, 0) is 0 Å². The van der Waals surface area contributed by atoms with Crippen molar-refractivity contribution in [2.75, 3.05) is 7.11 Å². The van der Waals surface area contributed by atoms with Gasteiger partial charge in [0.15, 0.2) is 16.3 Å². The summed E-state index contributed by atoms with van der Waals surface area (Å²) in [4.78, 5) is 3.13. The number of rotatable bonds is 2. The maximum Gasteiger partial charge on any atom is 0.178 e. The van der Waals surface area contributed by atoms with Gasteiger partial charge in [-0.15, -0.1) is 0 Å². The number of benzene rings is 1. The molecule has 1 unspecified atom stereocenters. The standard InChI is InChI=1S/C16H21FN2OS/c1-16(2)6-4-5-10(9-16)19-13-8-14(20-3)11(17)7-12(13)18-15(19)21/h7-8,10H,4-6,9H2,1-3H3,(H,18,21). The van der Waals surface area contributed by atoms with Gasteiger partial charge >= 0.3 is 0 Å². The lowest BCUT2D eigenvalue weighted by Crippen LogP contribution is -2.25. The number of nitrogens with one attached hydrogen (secondary N) is 1. The second kappa shape index (κ2) is 5.13. The molecule has 1 fully saturated rings. The summed E-state index contributed by atoms with van der Waals surface area (Å²) in [5.41, 5.74) is 1.99. The van der Waals surface area contributed by atoms with Crippen molar-refractivity contribution < 1.29 is 9.13 Å². The highest BCUT2D eigenvalue weighted by molar-refractivity contribution is 7.71. The Kier molecular flexibility index (Phi) is 3.56. The zero-order valence-electron chi connectivity index (χ0n) is 12.7. The molecule has 0 amide bonds. The van der Waals surface area contributed by atoms with E-state index in [9.17, 15) is 4.39 Å². The molecular weight excluding hydrogens is 287 g/mol. The molecule has 5 heteroatoms. The highest BCUT2D eigenvalue weighted by atomic mass is 32.1. The summed E-state index contributed by atoms with van der Waals surface area (Å²) in [6.45, 7) is 4.61. The second-order valence-corrected chi connectivity index (χ2v) is 7.11. The van der Waals surface area contributed by atoms with Crippen molar-refractivity contribution in [2.24, 2.45) is 5.41 Å². The van der Waals surface area contributed by atoms with Crippen molar-refractivity contribution in [3.63, 3.8) is 0 Å². The molecule has 1 N–H and O–H groups in total. The number of nitrogens with zero attached hydrogens (tertiary/aromatic N) is 1. The summed E-state index contributed by atoms with van der Waals surface area (Å²) < 4.78 is 21.8. The number of ether oxygens (including phenoxy) is 1. The Morgan fingerprint density at radius 3 is 2.86 bits per heavy atom. The zero-order chi connectivity index (χ0) is 15.2. The molecule has 0 radical (unpaired) electrons. The fourth-order valence-electron chi connectivity index (χ4n) is 3.52. The largest absolute Gasteiger partial charge is 0.494 e. The maximum atomic E-state index is 13.8. The Balaban J connectivity index is 2.13. The topological polar surface area (TPSA) is 29.9 Å². The number of aromatic amines is 1. The SMILES string of the molecule is COc1cc2c(cc1F)[nH]c(=S)n2C1CCCC(C)(C)C1. The molecule has 114 valence electrons. The third-order valence-electron chi connectivity index (χ3n) is 4.53. The van der Waals surface area contributed by atoms with Crippen LogP contribution in [0.15, 0.2) is 12.1 Å². The minimum absolute atomic E-state index is 0.264. The number of aromatic nitrogens is 2. The smallest absolute Gasteiger partial charge is 0.178 e. The van der Waals surface area contributed by atoms with E-state index in [1.54, 1.807) is 6.07 Å². The zero-order valence-corrected chi connectivity index (χ0v) is 13.5. The van der Waals surface area contributed by atoms with Gasteiger partial charge in [-0.2, -0.15) is 0 Å². The number of H-pyrrole nitrogens is 1. The van der Waals surface area contributed by atoms with E-state index in [0.29, 0.717) is 16.2 Å². The maximum absolute atomic E-state index is 13.8. The van der Waals surface area contributed by atoms with E-state index in [1.807, 2.05) is 0 Å². The van der Waals surface area contributed by atoms with Gasteiger partial charge in [-0.3, -0.25) is 0 Å². The van der Waals surface area contributed by atoms with Gasteiger partial charge in [0.1, 0.15) is 0 Å². The van der Waals surface area contributed by atoms with Crippen molar-refractivity contribution in [2.45, 2.75) is 45.6 Å². The van der Waals surface area contributed by atoms with Crippen LogP contribution in [-0.4, -0.2) is 16.7 Å². The normalized spacial score (nSPS) is 21.6. The lowest BCUT2D eigenvalue weighted by atomic mass is 9.75. The van der Waals surface area contributed by atoms with Gasteiger partial charge in [0.2, 0.25) is 0 Å². The van der Waals surface area contributed by atoms with Crippen molar-refractivity contribution >= 4 is 23.3 Å². The highest BCUT2D eigenvalue weighted by Crippen LogP contribution is 2.42. The number of imidazole rings is 1. The van der Waals surface area contributed by atoms with Crippen LogP contribution >= 0.6 is 12.2 Å². The molecule has 0 bridgehead atoms. The quantitative estimate of drug-likeness (QED) is 0.792. The average molecular weight is 308 g/mol. The fraction of sp³-hybridized carbons (Fsp3) is 0.562. The van der Waals surface area contributed by atoms with E-state index in [4.69, 9.17) is 17.0 Å². The predicted octanol–water partition coefficient (Wildman–Crippen LogP) is 4.99. The minimum Gasteiger partial charge on any atom is -0.494 e. The summed E-state index contributed by atoms with van der Waals surface area (Å²) in [7, 11) is 1.49. The van der Waals surface area contributed by atoms with Crippen molar-refractivity contribution in [3.05, 3.63) is 22.7 Å². The Hall–Kier alpha value is -1.36. The van der Waals surface area contributed by atoms with Crippen molar-refractivity contribution in [3.8, 4) is 5.75 Å². The molecule has 1 aromatic heterocycles. The van der Waals surface area contributed by atoms with Gasteiger partial charge in [-0.25, -0.2) is 4.39 Å². The molecule has 0 saturated heterocycles. The molecule has 1 saturated carbocycles. The van der Waals surface area contributed by atoms with Gasteiger partial charge in [-0.1, -0.05) is 20.3 Å². The first-order chi connectivity index (χ1) is 9.91. The third kappa shape index (κ3) is 2.59. The molecule has 3 rings (SSSR count). The Bertz CT molecular complexity index is 732. The lowest BCUT2D eigenvalue weighted by Gasteiger charge is -2.36. The van der Waals surface area contributed by atoms with E-state index in [-0.39, 0.29) is 11.6 Å². The second-order valence-electron chi connectivity index (χ2n) is 6.72. The number of hydrogen-bond donors (Lipinski definition) is 1. The average Bonchev–Trinajstić information content (AvgIpc) is 2.71. The van der Waals surface area contributed by atoms with Gasteiger partial charge < -0.3 is 14.3 Å². The molecule has 21 heavy (non-hydrogen) atoms. The van der Waals surface area contributed by atoms with Gasteiger partial charge in [0.25, 0.3) is 0 Å². The van der Waals surface area contributed by atoms with E-state index in [0.717, 1.165) is 23.9 Å². The van der Waals surface area contributed by atoms with Crippen LogP contribution < -0.4 is 4.74 Å². The Morgan fingerprint density at radius 1 is 1.43 bits per heavy atom. The number of hydrogen-bond acceptors (Lipinski definition) is 2. The van der Waals surface area contributed by atoms with Crippen LogP contribution in [0, 0.1) is 16.0 Å². The fourth-order valence-corrected chi connectivity index (χ4v) is 3.88. The molecule has 1 aliphatic carbocycles. The molecule has 3 nitrogen and oxygen atoms in total. The lowest BCUT2D eigenvalue weighted by molar-refractivity contribution is 0.185. The summed E-state index contributed by atoms with van der Waals surface area (Å²) in [6.07, 6.45) is 4.65. The van der Waals surface area contributed by atoms with E-state index in [1.165, 1.54) is 26.0 Å². The predicted molar refractivity (Wildman–Crippen MR) is 84.9 cm³/mol. The van der Waals surface area contributed by atoms with Crippen LogP contribution in [0.1, 0.15) is 45.6 Å². The van der Waals surface area contributed by atoms with Gasteiger partial charge in [0.05, 0.1) is 18.1 Å². The third-order valence-corrected chi connectivity index (χ3v) is 4.83. The van der Waals surface area contributed by atoms with Gasteiger partial charge in [0, 0.05) is 18.2 Å².